The Morgan fingerprint density at radius 2 is 2.00 bits per heavy atom. The fraction of sp³-hybridized carbons (Fsp3) is 0.700. The maximum Gasteiger partial charge on any atom is 0.152 e. The van der Waals surface area contributed by atoms with E-state index in [-0.39, 0.29) is 11.0 Å². The summed E-state index contributed by atoms with van der Waals surface area (Å²) in [6, 6.07) is 0.608. The molecule has 76 valence electrons. The number of allylic oxidation sites excluding steroid dienone is 1. The van der Waals surface area contributed by atoms with Crippen LogP contribution in [0.3, 0.4) is 0 Å². The quantitative estimate of drug-likeness (QED) is 0.503. The van der Waals surface area contributed by atoms with Crippen LogP contribution >= 0.6 is 0 Å². The van der Waals surface area contributed by atoms with Crippen molar-refractivity contribution in [3.63, 3.8) is 0 Å². The van der Waals surface area contributed by atoms with Crippen molar-refractivity contribution in [2.45, 2.75) is 38.2 Å². The fourth-order valence-electron chi connectivity index (χ4n) is 0.997. The number of carbonyl (C=O) groups excluding carboxylic acids is 1. The van der Waals surface area contributed by atoms with Gasteiger partial charge < -0.3 is 4.74 Å². The lowest BCUT2D eigenvalue weighted by molar-refractivity contribution is -0.112. The average molecular weight is 200 g/mol. The molecule has 0 rings (SSSR count). The monoisotopic (exact) mass is 200 g/mol. The van der Waals surface area contributed by atoms with Gasteiger partial charge in [-0.15, -0.1) is 0 Å². The molecule has 0 aliphatic rings. The highest BCUT2D eigenvalue weighted by atomic mass is 28.3. The molecule has 3 heteroatoms. The average Bonchev–Trinajstić information content (AvgIpc) is 2.03. The van der Waals surface area contributed by atoms with Gasteiger partial charge in [0.1, 0.15) is 0 Å². The van der Waals surface area contributed by atoms with Crippen molar-refractivity contribution in [3.8, 4) is 0 Å². The zero-order valence-corrected chi connectivity index (χ0v) is 10.3. The van der Waals surface area contributed by atoms with Gasteiger partial charge in [-0.1, -0.05) is 19.7 Å². The van der Waals surface area contributed by atoms with E-state index in [1.54, 1.807) is 7.11 Å². The number of hydrogen-bond acceptors (Lipinski definition) is 2. The largest absolute Gasteiger partial charge is 0.382 e. The zero-order valence-electron chi connectivity index (χ0n) is 9.31. The van der Waals surface area contributed by atoms with Crippen LogP contribution in [0.4, 0.5) is 0 Å². The molecule has 0 radical (unpaired) electrons. The van der Waals surface area contributed by atoms with Crippen molar-refractivity contribution < 1.29 is 9.53 Å². The molecule has 0 unspecified atom stereocenters. The molecule has 0 N–H and O–H groups in total. The minimum atomic E-state index is -1.66. The Balaban J connectivity index is 4.56. The van der Waals surface area contributed by atoms with Crippen LogP contribution < -0.4 is 0 Å². The molecule has 0 spiro atoms. The summed E-state index contributed by atoms with van der Waals surface area (Å²) in [4.78, 5) is 11.3. The van der Waals surface area contributed by atoms with Gasteiger partial charge in [0.25, 0.3) is 0 Å². The highest BCUT2D eigenvalue weighted by Gasteiger charge is 2.40. The molecule has 0 aliphatic heterocycles. The second kappa shape index (κ2) is 4.20. The molecule has 0 heterocycles. The second-order valence-electron chi connectivity index (χ2n) is 4.45. The SMILES string of the molecule is C=CC(=O)C[Si](C)(C)C(C)(C)OC. The van der Waals surface area contributed by atoms with Crippen molar-refractivity contribution in [1.82, 2.24) is 0 Å². The zero-order chi connectivity index (χ0) is 10.7. The van der Waals surface area contributed by atoms with Gasteiger partial charge in [0.05, 0.1) is 13.3 Å². The Labute approximate surface area is 82.0 Å². The van der Waals surface area contributed by atoms with E-state index in [2.05, 4.69) is 33.5 Å². The summed E-state index contributed by atoms with van der Waals surface area (Å²) in [7, 11) is 0.0435. The topological polar surface area (TPSA) is 26.3 Å². The minimum absolute atomic E-state index is 0.127. The molecule has 0 fully saturated rings. The summed E-state index contributed by atoms with van der Waals surface area (Å²) >= 11 is 0. The van der Waals surface area contributed by atoms with E-state index in [4.69, 9.17) is 4.74 Å². The molecule has 2 nitrogen and oxygen atoms in total. The van der Waals surface area contributed by atoms with E-state index >= 15 is 0 Å². The second-order valence-corrected chi connectivity index (χ2v) is 9.77. The third-order valence-electron chi connectivity index (χ3n) is 2.98. The van der Waals surface area contributed by atoms with E-state index in [1.165, 1.54) is 6.08 Å². The molecule has 0 aromatic rings. The summed E-state index contributed by atoms with van der Waals surface area (Å²) in [6.45, 7) is 11.9. The van der Waals surface area contributed by atoms with Crippen LogP contribution in [0.25, 0.3) is 0 Å². The summed E-state index contributed by atoms with van der Waals surface area (Å²) in [5, 5.41) is -0.161. The predicted molar refractivity (Wildman–Crippen MR) is 58.6 cm³/mol. The van der Waals surface area contributed by atoms with Gasteiger partial charge in [-0.2, -0.15) is 0 Å². The lowest BCUT2D eigenvalue weighted by Crippen LogP contribution is -2.52. The van der Waals surface area contributed by atoms with Crippen LogP contribution in [0.2, 0.25) is 19.1 Å². The van der Waals surface area contributed by atoms with Gasteiger partial charge in [0.15, 0.2) is 5.78 Å². The third-order valence-corrected chi connectivity index (χ3v) is 7.68. The van der Waals surface area contributed by atoms with Gasteiger partial charge in [0.2, 0.25) is 0 Å². The molecular formula is C10H20O2Si. The smallest absolute Gasteiger partial charge is 0.152 e. The molecule has 0 aromatic carbocycles. The Morgan fingerprint density at radius 3 is 2.31 bits per heavy atom. The number of rotatable bonds is 5. The first-order chi connectivity index (χ1) is 5.77. The van der Waals surface area contributed by atoms with Crippen molar-refractivity contribution in [2.24, 2.45) is 0 Å². The molecule has 0 atom stereocenters. The summed E-state index contributed by atoms with van der Waals surface area (Å²) < 4.78 is 5.42. The van der Waals surface area contributed by atoms with Gasteiger partial charge in [-0.3, -0.25) is 4.79 Å². The normalized spacial score (nSPS) is 12.7. The third kappa shape index (κ3) is 3.08. The molecule has 0 amide bonds. The molecule has 0 saturated heterocycles. The lowest BCUT2D eigenvalue weighted by Gasteiger charge is -2.38. The highest BCUT2D eigenvalue weighted by molar-refractivity contribution is 6.82. The van der Waals surface area contributed by atoms with Crippen LogP contribution in [0.15, 0.2) is 12.7 Å². The summed E-state index contributed by atoms with van der Waals surface area (Å²) in [6.07, 6.45) is 1.40. The Hall–Kier alpha value is -0.413. The maximum absolute atomic E-state index is 11.3. The van der Waals surface area contributed by atoms with Crippen molar-refractivity contribution in [3.05, 3.63) is 12.7 Å². The van der Waals surface area contributed by atoms with Crippen LogP contribution in [-0.4, -0.2) is 26.2 Å². The van der Waals surface area contributed by atoms with Crippen molar-refractivity contribution in [2.75, 3.05) is 7.11 Å². The number of hydrogen-bond donors (Lipinski definition) is 0. The van der Waals surface area contributed by atoms with E-state index in [9.17, 15) is 4.79 Å². The Bertz CT molecular complexity index is 207. The van der Waals surface area contributed by atoms with E-state index in [0.29, 0.717) is 6.04 Å². The predicted octanol–water partition coefficient (Wildman–Crippen LogP) is 2.41. The number of carbonyl (C=O) groups is 1. The number of ketones is 1. The van der Waals surface area contributed by atoms with Gasteiger partial charge in [-0.05, 0) is 19.9 Å². The maximum atomic E-state index is 11.3. The van der Waals surface area contributed by atoms with Crippen LogP contribution in [0.1, 0.15) is 13.8 Å². The molecule has 0 aromatic heterocycles. The van der Waals surface area contributed by atoms with Crippen molar-refractivity contribution >= 4 is 13.9 Å². The standard InChI is InChI=1S/C10H20O2Si/c1-7-9(11)8-13(5,6)10(2,3)12-4/h7H,1,8H2,2-6H3. The van der Waals surface area contributed by atoms with Gasteiger partial charge in [0, 0.05) is 13.2 Å². The summed E-state index contributed by atoms with van der Waals surface area (Å²) in [5.41, 5.74) is 0. The first-order valence-corrected chi connectivity index (χ1v) is 7.68. The first kappa shape index (κ1) is 12.6. The van der Waals surface area contributed by atoms with E-state index in [0.717, 1.165) is 0 Å². The van der Waals surface area contributed by atoms with Crippen LogP contribution in [-0.2, 0) is 9.53 Å². The number of methoxy groups -OCH3 is 1. The molecule has 13 heavy (non-hydrogen) atoms. The molecular weight excluding hydrogens is 180 g/mol. The Kier molecular flexibility index (Phi) is 4.07. The van der Waals surface area contributed by atoms with Gasteiger partial charge >= 0.3 is 0 Å². The van der Waals surface area contributed by atoms with Crippen LogP contribution in [0.5, 0.6) is 0 Å². The van der Waals surface area contributed by atoms with E-state index < -0.39 is 8.07 Å². The lowest BCUT2D eigenvalue weighted by atomic mass is 10.4. The van der Waals surface area contributed by atoms with Gasteiger partial charge in [-0.25, -0.2) is 0 Å². The first-order valence-electron chi connectivity index (χ1n) is 4.47. The molecule has 0 aliphatic carbocycles. The Morgan fingerprint density at radius 1 is 1.54 bits per heavy atom. The fourth-order valence-corrected chi connectivity index (χ4v) is 2.99. The van der Waals surface area contributed by atoms with Crippen LogP contribution in [0, 0.1) is 0 Å². The van der Waals surface area contributed by atoms with E-state index in [1.807, 2.05) is 0 Å². The molecule has 0 saturated carbocycles. The molecule has 0 bridgehead atoms. The highest BCUT2D eigenvalue weighted by Crippen LogP contribution is 2.27. The summed E-state index contributed by atoms with van der Waals surface area (Å²) in [5.74, 6) is 0.127. The number of ether oxygens (including phenoxy) is 1. The minimum Gasteiger partial charge on any atom is -0.382 e. The van der Waals surface area contributed by atoms with Crippen molar-refractivity contribution in [1.29, 1.82) is 0 Å².